The zero-order chi connectivity index (χ0) is 13.8. The lowest BCUT2D eigenvalue weighted by molar-refractivity contribution is 0.0949. The maximum Gasteiger partial charge on any atom is 0.164 e. The van der Waals surface area contributed by atoms with Crippen LogP contribution < -0.4 is 0 Å². The number of hydrogen-bond acceptors (Lipinski definition) is 2. The SMILES string of the molecule is Cc1cc(C(=O)CCN2CCCC(C)C2)ccc1Cl. The molecule has 0 N–H and O–H groups in total. The summed E-state index contributed by atoms with van der Waals surface area (Å²) in [5, 5.41) is 0.724. The van der Waals surface area contributed by atoms with Crippen molar-refractivity contribution in [3.05, 3.63) is 34.3 Å². The largest absolute Gasteiger partial charge is 0.303 e. The normalized spacial score (nSPS) is 20.5. The topological polar surface area (TPSA) is 20.3 Å². The van der Waals surface area contributed by atoms with E-state index in [1.165, 1.54) is 12.8 Å². The van der Waals surface area contributed by atoms with Crippen molar-refractivity contribution in [3.8, 4) is 0 Å². The van der Waals surface area contributed by atoms with E-state index < -0.39 is 0 Å². The predicted octanol–water partition coefficient (Wildman–Crippen LogP) is 3.95. The van der Waals surface area contributed by atoms with Gasteiger partial charge in [-0.2, -0.15) is 0 Å². The molecule has 1 atom stereocenters. The van der Waals surface area contributed by atoms with Gasteiger partial charge in [-0.3, -0.25) is 4.79 Å². The van der Waals surface area contributed by atoms with Crippen molar-refractivity contribution in [3.63, 3.8) is 0 Å². The number of piperidine rings is 1. The lowest BCUT2D eigenvalue weighted by Gasteiger charge is -2.30. The van der Waals surface area contributed by atoms with E-state index in [2.05, 4.69) is 11.8 Å². The van der Waals surface area contributed by atoms with Crippen LogP contribution in [0.3, 0.4) is 0 Å². The Kier molecular flexibility index (Phi) is 5.00. The van der Waals surface area contributed by atoms with Gasteiger partial charge in [0.15, 0.2) is 5.78 Å². The van der Waals surface area contributed by atoms with Crippen LogP contribution in [-0.4, -0.2) is 30.3 Å². The molecule has 1 aliphatic rings. The molecule has 1 aliphatic heterocycles. The van der Waals surface area contributed by atoms with E-state index in [9.17, 15) is 4.79 Å². The molecule has 3 heteroatoms. The van der Waals surface area contributed by atoms with Crippen LogP contribution in [-0.2, 0) is 0 Å². The van der Waals surface area contributed by atoms with Crippen molar-refractivity contribution in [2.75, 3.05) is 19.6 Å². The van der Waals surface area contributed by atoms with Gasteiger partial charge in [-0.1, -0.05) is 18.5 Å². The van der Waals surface area contributed by atoms with Crippen molar-refractivity contribution in [1.29, 1.82) is 0 Å². The molecule has 1 heterocycles. The molecular weight excluding hydrogens is 258 g/mol. The van der Waals surface area contributed by atoms with Gasteiger partial charge < -0.3 is 4.90 Å². The molecule has 0 saturated carbocycles. The van der Waals surface area contributed by atoms with Crippen molar-refractivity contribution in [2.24, 2.45) is 5.92 Å². The number of Topliss-reactive ketones (excluding diaryl/α,β-unsaturated/α-hetero) is 1. The van der Waals surface area contributed by atoms with Gasteiger partial charge in [-0.25, -0.2) is 0 Å². The van der Waals surface area contributed by atoms with Gasteiger partial charge in [0.1, 0.15) is 0 Å². The Hall–Kier alpha value is -0.860. The molecule has 0 aliphatic carbocycles. The number of likely N-dealkylation sites (tertiary alicyclic amines) is 1. The van der Waals surface area contributed by atoms with Gasteiger partial charge in [0.05, 0.1) is 0 Å². The minimum Gasteiger partial charge on any atom is -0.303 e. The number of rotatable bonds is 4. The number of benzene rings is 1. The average molecular weight is 280 g/mol. The van der Waals surface area contributed by atoms with Crippen LogP contribution in [0.25, 0.3) is 0 Å². The van der Waals surface area contributed by atoms with Crippen LogP contribution in [0.1, 0.15) is 42.1 Å². The Morgan fingerprint density at radius 3 is 2.95 bits per heavy atom. The third-order valence-corrected chi connectivity index (χ3v) is 4.30. The van der Waals surface area contributed by atoms with E-state index in [4.69, 9.17) is 11.6 Å². The van der Waals surface area contributed by atoms with E-state index in [1.54, 1.807) is 0 Å². The summed E-state index contributed by atoms with van der Waals surface area (Å²) in [5.41, 5.74) is 1.76. The average Bonchev–Trinajstić information content (AvgIpc) is 2.39. The Labute approximate surface area is 120 Å². The van der Waals surface area contributed by atoms with Gasteiger partial charge >= 0.3 is 0 Å². The molecule has 1 aromatic rings. The van der Waals surface area contributed by atoms with Crippen LogP contribution in [0.4, 0.5) is 0 Å². The Morgan fingerprint density at radius 2 is 2.26 bits per heavy atom. The highest BCUT2D eigenvalue weighted by Crippen LogP contribution is 2.19. The highest BCUT2D eigenvalue weighted by molar-refractivity contribution is 6.31. The first-order chi connectivity index (χ1) is 9.06. The van der Waals surface area contributed by atoms with E-state index in [-0.39, 0.29) is 5.78 Å². The standard InChI is InChI=1S/C16H22ClNO/c1-12-4-3-8-18(11-12)9-7-16(19)14-5-6-15(17)13(2)10-14/h5-6,10,12H,3-4,7-9,11H2,1-2H3. The van der Waals surface area contributed by atoms with E-state index in [0.717, 1.165) is 41.7 Å². The number of halogens is 1. The summed E-state index contributed by atoms with van der Waals surface area (Å²) in [6, 6.07) is 5.53. The predicted molar refractivity (Wildman–Crippen MR) is 80.0 cm³/mol. The van der Waals surface area contributed by atoms with E-state index >= 15 is 0 Å². The number of carbonyl (C=O) groups is 1. The molecule has 0 aromatic heterocycles. The summed E-state index contributed by atoms with van der Waals surface area (Å²) in [6.07, 6.45) is 3.18. The quantitative estimate of drug-likeness (QED) is 0.778. The molecule has 1 aromatic carbocycles. The second-order valence-corrected chi connectivity index (χ2v) is 6.09. The van der Waals surface area contributed by atoms with Crippen LogP contribution in [0.2, 0.25) is 5.02 Å². The van der Waals surface area contributed by atoms with Gasteiger partial charge in [-0.15, -0.1) is 0 Å². The zero-order valence-electron chi connectivity index (χ0n) is 11.8. The molecule has 0 bridgehead atoms. The first kappa shape index (κ1) is 14.5. The lowest BCUT2D eigenvalue weighted by Crippen LogP contribution is -2.35. The molecule has 2 nitrogen and oxygen atoms in total. The minimum atomic E-state index is 0.220. The number of carbonyl (C=O) groups excluding carboxylic acids is 1. The fourth-order valence-corrected chi connectivity index (χ4v) is 2.83. The lowest BCUT2D eigenvalue weighted by atomic mass is 9.99. The summed E-state index contributed by atoms with van der Waals surface area (Å²) in [6.45, 7) is 7.37. The van der Waals surface area contributed by atoms with Crippen molar-refractivity contribution in [2.45, 2.75) is 33.1 Å². The molecule has 1 saturated heterocycles. The third-order valence-electron chi connectivity index (χ3n) is 3.88. The second-order valence-electron chi connectivity index (χ2n) is 5.69. The first-order valence-corrected chi connectivity index (χ1v) is 7.46. The van der Waals surface area contributed by atoms with Gasteiger partial charge in [0.2, 0.25) is 0 Å². The molecule has 1 fully saturated rings. The highest BCUT2D eigenvalue weighted by Gasteiger charge is 2.17. The van der Waals surface area contributed by atoms with Crippen LogP contribution >= 0.6 is 11.6 Å². The smallest absolute Gasteiger partial charge is 0.164 e. The number of aryl methyl sites for hydroxylation is 1. The van der Waals surface area contributed by atoms with Crippen LogP contribution in [0.15, 0.2) is 18.2 Å². The zero-order valence-corrected chi connectivity index (χ0v) is 12.5. The maximum absolute atomic E-state index is 12.2. The minimum absolute atomic E-state index is 0.220. The van der Waals surface area contributed by atoms with Gasteiger partial charge in [0.25, 0.3) is 0 Å². The summed E-state index contributed by atoms with van der Waals surface area (Å²) in [7, 11) is 0. The molecule has 2 rings (SSSR count). The van der Waals surface area contributed by atoms with Crippen molar-refractivity contribution in [1.82, 2.24) is 4.90 Å². The summed E-state index contributed by atoms with van der Waals surface area (Å²) >= 11 is 5.98. The summed E-state index contributed by atoms with van der Waals surface area (Å²) in [4.78, 5) is 14.6. The van der Waals surface area contributed by atoms with Crippen LogP contribution in [0.5, 0.6) is 0 Å². The number of hydrogen-bond donors (Lipinski definition) is 0. The monoisotopic (exact) mass is 279 g/mol. The Bertz CT molecular complexity index is 458. The number of ketones is 1. The van der Waals surface area contributed by atoms with Crippen molar-refractivity contribution >= 4 is 17.4 Å². The third kappa shape index (κ3) is 4.05. The Balaban J connectivity index is 1.88. The second kappa shape index (κ2) is 6.53. The summed E-state index contributed by atoms with van der Waals surface area (Å²) < 4.78 is 0. The van der Waals surface area contributed by atoms with Gasteiger partial charge in [-0.05, 0) is 56.0 Å². The molecule has 0 amide bonds. The molecule has 0 spiro atoms. The first-order valence-electron chi connectivity index (χ1n) is 7.08. The summed E-state index contributed by atoms with van der Waals surface area (Å²) in [5.74, 6) is 0.986. The fourth-order valence-electron chi connectivity index (χ4n) is 2.71. The van der Waals surface area contributed by atoms with E-state index in [0.29, 0.717) is 6.42 Å². The molecule has 104 valence electrons. The molecule has 19 heavy (non-hydrogen) atoms. The van der Waals surface area contributed by atoms with E-state index in [1.807, 2.05) is 25.1 Å². The maximum atomic E-state index is 12.2. The highest BCUT2D eigenvalue weighted by atomic mass is 35.5. The van der Waals surface area contributed by atoms with Crippen LogP contribution in [0, 0.1) is 12.8 Å². The van der Waals surface area contributed by atoms with Gasteiger partial charge in [0, 0.05) is 30.1 Å². The Morgan fingerprint density at radius 1 is 1.47 bits per heavy atom. The van der Waals surface area contributed by atoms with Crippen molar-refractivity contribution < 1.29 is 4.79 Å². The molecular formula is C16H22ClNO. The molecule has 0 radical (unpaired) electrons. The molecule has 1 unspecified atom stereocenters. The fraction of sp³-hybridized carbons (Fsp3) is 0.562. The number of nitrogens with zero attached hydrogens (tertiary/aromatic N) is 1.